The van der Waals surface area contributed by atoms with Gasteiger partial charge < -0.3 is 5.32 Å². The zero-order valence-electron chi connectivity index (χ0n) is 10.0. The summed E-state index contributed by atoms with van der Waals surface area (Å²) in [7, 11) is 1.68. The lowest BCUT2D eigenvalue weighted by Gasteiger charge is -2.20. The van der Waals surface area contributed by atoms with Crippen molar-refractivity contribution in [3.05, 3.63) is 29.6 Å². The van der Waals surface area contributed by atoms with Gasteiger partial charge in [-0.2, -0.15) is 13.2 Å². The van der Waals surface area contributed by atoms with Gasteiger partial charge in [-0.15, -0.1) is 0 Å². The number of hydrogen-bond acceptors (Lipinski definition) is 2. The van der Waals surface area contributed by atoms with Crippen LogP contribution in [-0.4, -0.2) is 18.2 Å². The number of nitrogens with one attached hydrogen (secondary N) is 1. The van der Waals surface area contributed by atoms with Gasteiger partial charge >= 0.3 is 6.18 Å². The molecule has 0 spiro atoms. The van der Waals surface area contributed by atoms with Gasteiger partial charge in [-0.1, -0.05) is 6.92 Å². The molecule has 0 amide bonds. The number of rotatable bonds is 5. The maximum Gasteiger partial charge on any atom is 0.389 e. The van der Waals surface area contributed by atoms with Gasteiger partial charge in [0.05, 0.1) is 0 Å². The van der Waals surface area contributed by atoms with E-state index >= 15 is 0 Å². The lowest BCUT2D eigenvalue weighted by atomic mass is 9.97. The molecule has 1 N–H and O–H groups in total. The third-order valence-corrected chi connectivity index (χ3v) is 2.76. The molecule has 0 aliphatic heterocycles. The molecule has 1 unspecified atom stereocenters. The highest BCUT2D eigenvalue weighted by Crippen LogP contribution is 2.28. The van der Waals surface area contributed by atoms with Crippen LogP contribution in [-0.2, 0) is 6.42 Å². The molecule has 0 aliphatic carbocycles. The molecule has 1 heterocycles. The molecule has 96 valence electrons. The minimum Gasteiger partial charge on any atom is -0.313 e. The molecule has 1 aromatic rings. The monoisotopic (exact) mass is 246 g/mol. The Labute approximate surface area is 99.3 Å². The molecule has 0 aliphatic rings. The molecule has 5 heteroatoms. The van der Waals surface area contributed by atoms with Crippen LogP contribution in [0.5, 0.6) is 0 Å². The SMILES string of the molecule is CCc1cnccc1C(CCC(F)(F)F)NC. The van der Waals surface area contributed by atoms with Crippen molar-refractivity contribution in [1.82, 2.24) is 10.3 Å². The number of halogens is 3. The second-order valence-corrected chi connectivity index (χ2v) is 3.92. The Balaban J connectivity index is 2.79. The van der Waals surface area contributed by atoms with E-state index in [1.165, 1.54) is 0 Å². The van der Waals surface area contributed by atoms with Gasteiger partial charge in [0.1, 0.15) is 0 Å². The van der Waals surface area contributed by atoms with Crippen molar-refractivity contribution < 1.29 is 13.2 Å². The molecule has 0 fully saturated rings. The maximum absolute atomic E-state index is 12.2. The van der Waals surface area contributed by atoms with Gasteiger partial charge in [-0.25, -0.2) is 0 Å². The normalized spacial score (nSPS) is 13.7. The molecule has 17 heavy (non-hydrogen) atoms. The molecule has 1 rings (SSSR count). The highest BCUT2D eigenvalue weighted by atomic mass is 19.4. The van der Waals surface area contributed by atoms with E-state index in [0.29, 0.717) is 0 Å². The van der Waals surface area contributed by atoms with E-state index in [9.17, 15) is 13.2 Å². The fraction of sp³-hybridized carbons (Fsp3) is 0.583. The van der Waals surface area contributed by atoms with Gasteiger partial charge in [0.2, 0.25) is 0 Å². The van der Waals surface area contributed by atoms with E-state index < -0.39 is 12.6 Å². The number of alkyl halides is 3. The Morgan fingerprint density at radius 3 is 2.65 bits per heavy atom. The molecule has 0 saturated carbocycles. The molecule has 0 saturated heterocycles. The molecule has 0 bridgehead atoms. The van der Waals surface area contributed by atoms with Crippen LogP contribution in [0.15, 0.2) is 18.5 Å². The van der Waals surface area contributed by atoms with Crippen LogP contribution in [0.1, 0.15) is 36.9 Å². The third-order valence-electron chi connectivity index (χ3n) is 2.76. The lowest BCUT2D eigenvalue weighted by Crippen LogP contribution is -2.21. The van der Waals surface area contributed by atoms with E-state index in [0.717, 1.165) is 17.5 Å². The first-order chi connectivity index (χ1) is 7.98. The van der Waals surface area contributed by atoms with E-state index in [-0.39, 0.29) is 12.5 Å². The van der Waals surface area contributed by atoms with Crippen molar-refractivity contribution in [2.24, 2.45) is 0 Å². The van der Waals surface area contributed by atoms with Crippen molar-refractivity contribution in [2.45, 2.75) is 38.4 Å². The van der Waals surface area contributed by atoms with Gasteiger partial charge in [-0.3, -0.25) is 4.98 Å². The quantitative estimate of drug-likeness (QED) is 0.862. The number of aryl methyl sites for hydroxylation is 1. The summed E-state index contributed by atoms with van der Waals surface area (Å²) in [6, 6.07) is 1.52. The number of hydrogen-bond donors (Lipinski definition) is 1. The fourth-order valence-corrected chi connectivity index (χ4v) is 1.84. The summed E-state index contributed by atoms with van der Waals surface area (Å²) in [5.74, 6) is 0. The van der Waals surface area contributed by atoms with Gasteiger partial charge in [0.15, 0.2) is 0 Å². The highest BCUT2D eigenvalue weighted by Gasteiger charge is 2.28. The molecule has 0 radical (unpaired) electrons. The lowest BCUT2D eigenvalue weighted by molar-refractivity contribution is -0.136. The minimum atomic E-state index is -4.10. The molecule has 0 aromatic carbocycles. The molecule has 1 aromatic heterocycles. The Morgan fingerprint density at radius 1 is 1.41 bits per heavy atom. The van der Waals surface area contributed by atoms with Crippen molar-refractivity contribution in [1.29, 1.82) is 0 Å². The van der Waals surface area contributed by atoms with E-state index in [4.69, 9.17) is 0 Å². The van der Waals surface area contributed by atoms with E-state index in [1.807, 2.05) is 6.92 Å². The average Bonchev–Trinajstić information content (AvgIpc) is 2.29. The zero-order valence-corrected chi connectivity index (χ0v) is 10.0. The third kappa shape index (κ3) is 4.34. The molecule has 1 atom stereocenters. The summed E-state index contributed by atoms with van der Waals surface area (Å²) in [6.07, 6.45) is -0.720. The van der Waals surface area contributed by atoms with Crippen molar-refractivity contribution in [3.63, 3.8) is 0 Å². The van der Waals surface area contributed by atoms with Crippen LogP contribution in [0.25, 0.3) is 0 Å². The largest absolute Gasteiger partial charge is 0.389 e. The summed E-state index contributed by atoms with van der Waals surface area (Å²) in [4.78, 5) is 3.99. The van der Waals surface area contributed by atoms with Crippen molar-refractivity contribution in [3.8, 4) is 0 Å². The second kappa shape index (κ2) is 6.00. The Morgan fingerprint density at radius 2 is 2.12 bits per heavy atom. The second-order valence-electron chi connectivity index (χ2n) is 3.92. The van der Waals surface area contributed by atoms with Crippen LogP contribution in [0.4, 0.5) is 13.2 Å². The Kier molecular flexibility index (Phi) is 4.93. The predicted octanol–water partition coefficient (Wildman–Crippen LogP) is 3.25. The van der Waals surface area contributed by atoms with Crippen LogP contribution < -0.4 is 5.32 Å². The Hall–Kier alpha value is -1.10. The minimum absolute atomic E-state index is 0.0526. The van der Waals surface area contributed by atoms with Gasteiger partial charge in [0.25, 0.3) is 0 Å². The summed E-state index contributed by atoms with van der Waals surface area (Å²) < 4.78 is 36.6. The smallest absolute Gasteiger partial charge is 0.313 e. The van der Waals surface area contributed by atoms with Crippen molar-refractivity contribution >= 4 is 0 Å². The molecular formula is C12H17F3N2. The van der Waals surface area contributed by atoms with Crippen LogP contribution in [0.2, 0.25) is 0 Å². The Bertz CT molecular complexity index is 350. The van der Waals surface area contributed by atoms with Crippen LogP contribution >= 0.6 is 0 Å². The van der Waals surface area contributed by atoms with Gasteiger partial charge in [0, 0.05) is 24.9 Å². The molecule has 2 nitrogen and oxygen atoms in total. The summed E-state index contributed by atoms with van der Waals surface area (Å²) in [6.45, 7) is 1.97. The topological polar surface area (TPSA) is 24.9 Å². The first-order valence-corrected chi connectivity index (χ1v) is 5.64. The average molecular weight is 246 g/mol. The van der Waals surface area contributed by atoms with E-state index in [1.54, 1.807) is 25.5 Å². The predicted molar refractivity (Wildman–Crippen MR) is 60.7 cm³/mol. The summed E-state index contributed by atoms with van der Waals surface area (Å²) >= 11 is 0. The van der Waals surface area contributed by atoms with Crippen LogP contribution in [0, 0.1) is 0 Å². The number of nitrogens with zero attached hydrogens (tertiary/aromatic N) is 1. The fourth-order valence-electron chi connectivity index (χ4n) is 1.84. The summed E-state index contributed by atoms with van der Waals surface area (Å²) in [5.41, 5.74) is 1.91. The maximum atomic E-state index is 12.2. The highest BCUT2D eigenvalue weighted by molar-refractivity contribution is 5.26. The number of aromatic nitrogens is 1. The first-order valence-electron chi connectivity index (χ1n) is 5.64. The van der Waals surface area contributed by atoms with Crippen molar-refractivity contribution in [2.75, 3.05) is 7.05 Å². The van der Waals surface area contributed by atoms with Crippen LogP contribution in [0.3, 0.4) is 0 Å². The van der Waals surface area contributed by atoms with E-state index in [2.05, 4.69) is 10.3 Å². The standard InChI is InChI=1S/C12H17F3N2/c1-3-9-8-17-7-5-10(9)11(16-2)4-6-12(13,14)15/h5,7-8,11,16H,3-4,6H2,1-2H3. The first kappa shape index (κ1) is 14.0. The molecular weight excluding hydrogens is 229 g/mol. The summed E-state index contributed by atoms with van der Waals surface area (Å²) in [5, 5.41) is 2.94. The zero-order chi connectivity index (χ0) is 12.9. The number of pyridine rings is 1. The van der Waals surface area contributed by atoms with Gasteiger partial charge in [-0.05, 0) is 37.1 Å².